The van der Waals surface area contributed by atoms with E-state index < -0.39 is 0 Å². The lowest BCUT2D eigenvalue weighted by Crippen LogP contribution is -2.25. The lowest BCUT2D eigenvalue weighted by molar-refractivity contribution is -0.117. The van der Waals surface area contributed by atoms with Crippen molar-refractivity contribution in [3.8, 4) is 0 Å². The number of carbonyl (C=O) groups is 3. The molecule has 3 N–H and O–H groups in total. The van der Waals surface area contributed by atoms with E-state index in [0.717, 1.165) is 36.9 Å². The molecule has 0 spiro atoms. The van der Waals surface area contributed by atoms with Gasteiger partial charge < -0.3 is 16.0 Å². The predicted octanol–water partition coefficient (Wildman–Crippen LogP) is 3.58. The van der Waals surface area contributed by atoms with E-state index in [-0.39, 0.29) is 23.6 Å². The van der Waals surface area contributed by atoms with Crippen LogP contribution in [0.2, 0.25) is 0 Å². The van der Waals surface area contributed by atoms with Crippen molar-refractivity contribution in [2.24, 2.45) is 5.92 Å². The number of hydrogen-bond acceptors (Lipinski definition) is 3. The fourth-order valence-electron chi connectivity index (χ4n) is 2.82. The number of amides is 3. The predicted molar refractivity (Wildman–Crippen MR) is 112 cm³/mol. The molecule has 6 heteroatoms. The molecule has 0 bridgehead atoms. The van der Waals surface area contributed by atoms with Gasteiger partial charge in [0.25, 0.3) is 5.91 Å². The smallest absolute Gasteiger partial charge is 0.251 e. The van der Waals surface area contributed by atoms with E-state index in [1.807, 2.05) is 12.1 Å². The van der Waals surface area contributed by atoms with Crippen LogP contribution in [0.4, 0.5) is 11.4 Å². The number of nitrogens with one attached hydrogen (secondary N) is 3. The highest BCUT2D eigenvalue weighted by atomic mass is 16.2. The first kappa shape index (κ1) is 18.9. The fourth-order valence-corrected chi connectivity index (χ4v) is 2.82. The summed E-state index contributed by atoms with van der Waals surface area (Å²) in [5.41, 5.74) is 2.83. The number of rotatable bonds is 7. The van der Waals surface area contributed by atoms with Crippen LogP contribution >= 0.6 is 0 Å². The van der Waals surface area contributed by atoms with Gasteiger partial charge in [-0.3, -0.25) is 14.4 Å². The maximum Gasteiger partial charge on any atom is 0.251 e. The summed E-state index contributed by atoms with van der Waals surface area (Å²) in [6.45, 7) is 0. The molecule has 6 nitrogen and oxygen atoms in total. The first-order chi connectivity index (χ1) is 14.1. The van der Waals surface area contributed by atoms with Crippen molar-refractivity contribution in [2.45, 2.75) is 31.7 Å². The van der Waals surface area contributed by atoms with E-state index in [9.17, 15) is 14.4 Å². The van der Waals surface area contributed by atoms with E-state index in [4.69, 9.17) is 0 Å². The molecule has 2 aliphatic rings. The standard InChI is InChI=1S/C23H23N3O3/c27-21(24-18-8-10-19(11-9-18)26-23(29)17-6-7-17)14-3-15-1-4-16(5-2-15)22(28)25-20-12-13-20/h1-5,8-11,14,17,20H,6-7,12-13H2,(H,24,27)(H,25,28)(H,26,29)/b14-3+. The van der Waals surface area contributed by atoms with E-state index in [1.165, 1.54) is 6.08 Å². The Morgan fingerprint density at radius 3 is 2.00 bits per heavy atom. The lowest BCUT2D eigenvalue weighted by atomic mass is 10.1. The van der Waals surface area contributed by atoms with Gasteiger partial charge in [0, 0.05) is 35.0 Å². The van der Waals surface area contributed by atoms with Gasteiger partial charge >= 0.3 is 0 Å². The van der Waals surface area contributed by atoms with Gasteiger partial charge in [-0.15, -0.1) is 0 Å². The van der Waals surface area contributed by atoms with Crippen molar-refractivity contribution in [1.29, 1.82) is 0 Å². The SMILES string of the molecule is O=C(/C=C/c1ccc(C(=O)NC2CC2)cc1)Nc1ccc(NC(=O)C2CC2)cc1. The minimum Gasteiger partial charge on any atom is -0.349 e. The second-order valence-corrected chi connectivity index (χ2v) is 7.53. The highest BCUT2D eigenvalue weighted by molar-refractivity contribution is 6.02. The molecule has 0 saturated heterocycles. The molecule has 2 aromatic rings. The van der Waals surface area contributed by atoms with Gasteiger partial charge in [0.15, 0.2) is 0 Å². The Kier molecular flexibility index (Phi) is 5.42. The molecular weight excluding hydrogens is 366 g/mol. The largest absolute Gasteiger partial charge is 0.349 e. The molecule has 2 aromatic carbocycles. The van der Waals surface area contributed by atoms with Crippen LogP contribution in [0.1, 0.15) is 41.6 Å². The van der Waals surface area contributed by atoms with Crippen molar-refractivity contribution in [3.63, 3.8) is 0 Å². The summed E-state index contributed by atoms with van der Waals surface area (Å²) in [6, 6.07) is 14.5. The lowest BCUT2D eigenvalue weighted by Gasteiger charge is -2.06. The van der Waals surface area contributed by atoms with Crippen LogP contribution in [-0.2, 0) is 9.59 Å². The van der Waals surface area contributed by atoms with E-state index >= 15 is 0 Å². The van der Waals surface area contributed by atoms with Gasteiger partial charge in [0.1, 0.15) is 0 Å². The van der Waals surface area contributed by atoms with Crippen LogP contribution in [0.5, 0.6) is 0 Å². The van der Waals surface area contributed by atoms with Gasteiger partial charge in [-0.1, -0.05) is 12.1 Å². The zero-order valence-corrected chi connectivity index (χ0v) is 16.0. The van der Waals surface area contributed by atoms with Crippen LogP contribution in [-0.4, -0.2) is 23.8 Å². The third-order valence-electron chi connectivity index (χ3n) is 4.88. The van der Waals surface area contributed by atoms with E-state index in [2.05, 4.69) is 16.0 Å². The molecule has 29 heavy (non-hydrogen) atoms. The maximum atomic E-state index is 12.1. The molecule has 0 aromatic heterocycles. The number of carbonyl (C=O) groups excluding carboxylic acids is 3. The molecule has 2 saturated carbocycles. The van der Waals surface area contributed by atoms with Crippen LogP contribution in [0.3, 0.4) is 0 Å². The van der Waals surface area contributed by atoms with Gasteiger partial charge in [-0.2, -0.15) is 0 Å². The topological polar surface area (TPSA) is 87.3 Å². The Labute approximate surface area is 169 Å². The molecule has 0 unspecified atom stereocenters. The summed E-state index contributed by atoms with van der Waals surface area (Å²) in [6.07, 6.45) is 7.18. The summed E-state index contributed by atoms with van der Waals surface area (Å²) in [5, 5.41) is 8.59. The molecule has 0 heterocycles. The molecule has 2 fully saturated rings. The van der Waals surface area contributed by atoms with Crippen LogP contribution in [0.25, 0.3) is 6.08 Å². The van der Waals surface area contributed by atoms with Crippen LogP contribution in [0, 0.1) is 5.92 Å². The van der Waals surface area contributed by atoms with Crippen molar-refractivity contribution in [3.05, 3.63) is 65.7 Å². The summed E-state index contributed by atoms with van der Waals surface area (Å²) in [5.74, 6) is -0.102. The summed E-state index contributed by atoms with van der Waals surface area (Å²) in [7, 11) is 0. The van der Waals surface area contributed by atoms with Crippen molar-refractivity contribution in [1.82, 2.24) is 5.32 Å². The molecule has 0 radical (unpaired) electrons. The molecule has 0 atom stereocenters. The number of anilines is 2. The average Bonchev–Trinajstić information content (AvgIpc) is 3.62. The molecule has 0 aliphatic heterocycles. The Morgan fingerprint density at radius 1 is 0.793 bits per heavy atom. The molecular formula is C23H23N3O3. The molecule has 4 rings (SSSR count). The van der Waals surface area contributed by atoms with Crippen molar-refractivity contribution >= 4 is 35.2 Å². The molecule has 3 amide bonds. The minimum atomic E-state index is -0.254. The highest BCUT2D eigenvalue weighted by Crippen LogP contribution is 2.30. The van der Waals surface area contributed by atoms with Gasteiger partial charge in [-0.05, 0) is 73.7 Å². The summed E-state index contributed by atoms with van der Waals surface area (Å²) >= 11 is 0. The highest BCUT2D eigenvalue weighted by Gasteiger charge is 2.29. The van der Waals surface area contributed by atoms with Gasteiger partial charge in [0.05, 0.1) is 0 Å². The van der Waals surface area contributed by atoms with E-state index in [1.54, 1.807) is 42.5 Å². The normalized spacial score (nSPS) is 15.7. The van der Waals surface area contributed by atoms with Crippen molar-refractivity contribution in [2.75, 3.05) is 10.6 Å². The van der Waals surface area contributed by atoms with Gasteiger partial charge in [-0.25, -0.2) is 0 Å². The van der Waals surface area contributed by atoms with Gasteiger partial charge in [0.2, 0.25) is 11.8 Å². The number of hydrogen-bond donors (Lipinski definition) is 3. The summed E-state index contributed by atoms with van der Waals surface area (Å²) < 4.78 is 0. The Hall–Kier alpha value is -3.41. The second kappa shape index (κ2) is 8.31. The average molecular weight is 389 g/mol. The minimum absolute atomic E-state index is 0.0563. The third-order valence-corrected chi connectivity index (χ3v) is 4.88. The Balaban J connectivity index is 1.27. The fraction of sp³-hybridized carbons (Fsp3) is 0.261. The van der Waals surface area contributed by atoms with Crippen LogP contribution in [0.15, 0.2) is 54.6 Å². The Bertz CT molecular complexity index is 940. The first-order valence-electron chi connectivity index (χ1n) is 9.88. The van der Waals surface area contributed by atoms with Crippen molar-refractivity contribution < 1.29 is 14.4 Å². The molecule has 2 aliphatic carbocycles. The number of benzene rings is 2. The zero-order valence-electron chi connectivity index (χ0n) is 16.0. The molecule has 148 valence electrons. The quantitative estimate of drug-likeness (QED) is 0.633. The Morgan fingerprint density at radius 2 is 1.41 bits per heavy atom. The monoisotopic (exact) mass is 389 g/mol. The third kappa shape index (κ3) is 5.54. The van der Waals surface area contributed by atoms with E-state index in [0.29, 0.717) is 17.3 Å². The second-order valence-electron chi connectivity index (χ2n) is 7.53. The summed E-state index contributed by atoms with van der Waals surface area (Å²) in [4.78, 5) is 35.8. The van der Waals surface area contributed by atoms with Crippen LogP contribution < -0.4 is 16.0 Å². The zero-order chi connectivity index (χ0) is 20.2. The first-order valence-corrected chi connectivity index (χ1v) is 9.88. The maximum absolute atomic E-state index is 12.1.